The van der Waals surface area contributed by atoms with E-state index in [9.17, 15) is 4.79 Å². The predicted molar refractivity (Wildman–Crippen MR) is 142 cm³/mol. The van der Waals surface area contributed by atoms with Crippen LogP contribution in [0.4, 0.5) is 11.5 Å². The minimum absolute atomic E-state index is 0.233. The number of rotatable bonds is 6. The van der Waals surface area contributed by atoms with E-state index >= 15 is 0 Å². The van der Waals surface area contributed by atoms with E-state index in [1.54, 1.807) is 6.20 Å². The Morgan fingerprint density at radius 3 is 2.14 bits per heavy atom. The SMILES string of the molecule is CN(C)Cc1ccc(C(=O)Nc2cc(-c3ccc(B4OC(C)(C)C(C)(C)O4)cc3)cnc2N)cc1. The summed E-state index contributed by atoms with van der Waals surface area (Å²) in [6, 6.07) is 17.3. The van der Waals surface area contributed by atoms with Crippen molar-refractivity contribution >= 4 is 30.0 Å². The number of carbonyl (C=O) groups is 1. The molecule has 1 amide bonds. The van der Waals surface area contributed by atoms with Gasteiger partial charge in [0.2, 0.25) is 0 Å². The topological polar surface area (TPSA) is 89.7 Å². The molecule has 0 radical (unpaired) electrons. The quantitative estimate of drug-likeness (QED) is 0.529. The molecule has 0 unspecified atom stereocenters. The van der Waals surface area contributed by atoms with Crippen LogP contribution in [-0.4, -0.2) is 48.2 Å². The van der Waals surface area contributed by atoms with E-state index in [-0.39, 0.29) is 11.7 Å². The first-order valence-corrected chi connectivity index (χ1v) is 11.7. The lowest BCUT2D eigenvalue weighted by Gasteiger charge is -2.32. The van der Waals surface area contributed by atoms with Crippen LogP contribution in [0.25, 0.3) is 11.1 Å². The number of nitrogens with one attached hydrogen (secondary N) is 1. The molecule has 2 aromatic carbocycles. The summed E-state index contributed by atoms with van der Waals surface area (Å²) in [5.74, 6) is 0.0309. The number of hydrogen-bond donors (Lipinski definition) is 2. The first-order valence-electron chi connectivity index (χ1n) is 11.7. The lowest BCUT2D eigenvalue weighted by molar-refractivity contribution is 0.00578. The Labute approximate surface area is 207 Å². The van der Waals surface area contributed by atoms with Crippen molar-refractivity contribution in [1.82, 2.24) is 9.88 Å². The van der Waals surface area contributed by atoms with Crippen molar-refractivity contribution in [3.05, 3.63) is 71.9 Å². The lowest BCUT2D eigenvalue weighted by Crippen LogP contribution is -2.41. The van der Waals surface area contributed by atoms with Crippen molar-refractivity contribution in [1.29, 1.82) is 0 Å². The third kappa shape index (κ3) is 5.40. The van der Waals surface area contributed by atoms with Gasteiger partial charge in [0.05, 0.1) is 16.9 Å². The number of hydrogen-bond acceptors (Lipinski definition) is 6. The molecule has 0 spiro atoms. The molecule has 0 aliphatic carbocycles. The number of benzene rings is 2. The summed E-state index contributed by atoms with van der Waals surface area (Å²) in [6.45, 7) is 8.96. The highest BCUT2D eigenvalue weighted by atomic mass is 16.7. The van der Waals surface area contributed by atoms with E-state index in [2.05, 4.69) is 15.2 Å². The van der Waals surface area contributed by atoms with Crippen molar-refractivity contribution in [2.24, 2.45) is 0 Å². The van der Waals surface area contributed by atoms with Gasteiger partial charge in [-0.15, -0.1) is 0 Å². The van der Waals surface area contributed by atoms with Crippen LogP contribution >= 0.6 is 0 Å². The highest BCUT2D eigenvalue weighted by molar-refractivity contribution is 6.62. The van der Waals surface area contributed by atoms with Crippen molar-refractivity contribution in [3.63, 3.8) is 0 Å². The number of aromatic nitrogens is 1. The number of carbonyl (C=O) groups excluding carboxylic acids is 1. The first kappa shape index (κ1) is 24.9. The molecule has 182 valence electrons. The smallest absolute Gasteiger partial charge is 0.399 e. The molecule has 2 heterocycles. The van der Waals surface area contributed by atoms with Gasteiger partial charge in [0.1, 0.15) is 5.82 Å². The molecular formula is C27H33BN4O3. The van der Waals surface area contributed by atoms with E-state index < -0.39 is 18.3 Å². The van der Waals surface area contributed by atoms with Gasteiger partial charge in [0.25, 0.3) is 5.91 Å². The minimum Gasteiger partial charge on any atom is -0.399 e. The predicted octanol–water partition coefficient (Wildman–Crippen LogP) is 3.94. The Hall–Kier alpha value is -3.20. The Morgan fingerprint density at radius 2 is 1.57 bits per heavy atom. The molecule has 35 heavy (non-hydrogen) atoms. The summed E-state index contributed by atoms with van der Waals surface area (Å²) in [6.07, 6.45) is 1.70. The van der Waals surface area contributed by atoms with Crippen molar-refractivity contribution in [2.45, 2.75) is 45.4 Å². The van der Waals surface area contributed by atoms with Crippen LogP contribution < -0.4 is 16.5 Å². The average molecular weight is 472 g/mol. The molecule has 1 fully saturated rings. The van der Waals surface area contributed by atoms with Crippen LogP contribution in [-0.2, 0) is 15.9 Å². The normalized spacial score (nSPS) is 16.5. The molecule has 3 N–H and O–H groups in total. The van der Waals surface area contributed by atoms with Gasteiger partial charge in [-0.2, -0.15) is 0 Å². The Bertz CT molecular complexity index is 1190. The summed E-state index contributed by atoms with van der Waals surface area (Å²) >= 11 is 0. The maximum atomic E-state index is 12.8. The summed E-state index contributed by atoms with van der Waals surface area (Å²) in [4.78, 5) is 19.2. The van der Waals surface area contributed by atoms with Gasteiger partial charge < -0.3 is 25.3 Å². The summed E-state index contributed by atoms with van der Waals surface area (Å²) in [5, 5.41) is 2.89. The molecule has 0 saturated carbocycles. The standard InChI is InChI=1S/C27H33BN4O3/c1-26(2)27(3,4)35-28(34-26)22-13-11-19(12-14-22)21-15-23(24(29)30-16-21)31-25(33)20-9-7-18(8-10-20)17-32(5)6/h7-16H,17H2,1-6H3,(H2,29,30)(H,31,33). The van der Waals surface area contributed by atoms with Crippen LogP contribution in [0.15, 0.2) is 60.8 Å². The monoisotopic (exact) mass is 472 g/mol. The van der Waals surface area contributed by atoms with E-state index in [0.717, 1.165) is 28.7 Å². The minimum atomic E-state index is -0.419. The van der Waals surface area contributed by atoms with Gasteiger partial charge in [-0.05, 0) is 76.6 Å². The molecule has 0 bridgehead atoms. The average Bonchev–Trinajstić information content (AvgIpc) is 3.02. The largest absolute Gasteiger partial charge is 0.494 e. The van der Waals surface area contributed by atoms with Gasteiger partial charge >= 0.3 is 7.12 Å². The highest BCUT2D eigenvalue weighted by Gasteiger charge is 2.51. The van der Waals surface area contributed by atoms with Crippen LogP contribution in [0.1, 0.15) is 43.6 Å². The maximum absolute atomic E-state index is 12.8. The number of nitrogen functional groups attached to an aromatic ring is 1. The zero-order valence-electron chi connectivity index (χ0n) is 21.3. The van der Waals surface area contributed by atoms with Gasteiger partial charge in [0, 0.05) is 23.9 Å². The summed E-state index contributed by atoms with van der Waals surface area (Å²) in [7, 11) is 3.60. The third-order valence-corrected chi connectivity index (χ3v) is 6.65. The lowest BCUT2D eigenvalue weighted by atomic mass is 9.78. The molecule has 4 rings (SSSR count). The van der Waals surface area contributed by atoms with Crippen LogP contribution in [0.5, 0.6) is 0 Å². The van der Waals surface area contributed by atoms with E-state index in [1.165, 1.54) is 0 Å². The molecular weight excluding hydrogens is 439 g/mol. The van der Waals surface area contributed by atoms with Crippen molar-refractivity contribution < 1.29 is 14.1 Å². The number of nitrogens with two attached hydrogens (primary N) is 1. The van der Waals surface area contributed by atoms with Gasteiger partial charge in [-0.25, -0.2) is 4.98 Å². The molecule has 1 saturated heterocycles. The maximum Gasteiger partial charge on any atom is 0.494 e. The number of pyridine rings is 1. The fourth-order valence-corrected chi connectivity index (χ4v) is 3.87. The zero-order chi connectivity index (χ0) is 25.4. The number of nitrogens with zero attached hydrogens (tertiary/aromatic N) is 2. The van der Waals surface area contributed by atoms with Gasteiger partial charge in [-0.1, -0.05) is 36.4 Å². The molecule has 7 nitrogen and oxygen atoms in total. The second kappa shape index (κ2) is 9.45. The highest BCUT2D eigenvalue weighted by Crippen LogP contribution is 2.36. The molecule has 8 heteroatoms. The number of amides is 1. The van der Waals surface area contributed by atoms with E-state index in [4.69, 9.17) is 15.0 Å². The summed E-state index contributed by atoms with van der Waals surface area (Å²) < 4.78 is 12.3. The van der Waals surface area contributed by atoms with Crippen LogP contribution in [0.2, 0.25) is 0 Å². The van der Waals surface area contributed by atoms with Gasteiger partial charge in [0.15, 0.2) is 0 Å². The summed E-state index contributed by atoms with van der Waals surface area (Å²) in [5.41, 5.74) is 10.2. The fraction of sp³-hybridized carbons (Fsp3) is 0.333. The second-order valence-corrected chi connectivity index (χ2v) is 10.3. The molecule has 1 aliphatic rings. The molecule has 3 aromatic rings. The van der Waals surface area contributed by atoms with Gasteiger partial charge in [-0.3, -0.25) is 4.79 Å². The second-order valence-electron chi connectivity index (χ2n) is 10.3. The van der Waals surface area contributed by atoms with E-state index in [1.807, 2.05) is 96.4 Å². The number of anilines is 2. The van der Waals surface area contributed by atoms with Crippen molar-refractivity contribution in [3.8, 4) is 11.1 Å². The molecule has 1 aromatic heterocycles. The third-order valence-electron chi connectivity index (χ3n) is 6.65. The Balaban J connectivity index is 1.49. The van der Waals surface area contributed by atoms with Crippen LogP contribution in [0.3, 0.4) is 0 Å². The van der Waals surface area contributed by atoms with E-state index in [0.29, 0.717) is 11.3 Å². The Morgan fingerprint density at radius 1 is 0.971 bits per heavy atom. The van der Waals surface area contributed by atoms with Crippen LogP contribution in [0, 0.1) is 0 Å². The fourth-order valence-electron chi connectivity index (χ4n) is 3.87. The van der Waals surface area contributed by atoms with Crippen molar-refractivity contribution in [2.75, 3.05) is 25.1 Å². The molecule has 0 atom stereocenters. The zero-order valence-corrected chi connectivity index (χ0v) is 21.3. The molecule has 1 aliphatic heterocycles. The first-order chi connectivity index (χ1) is 16.4. The Kier molecular flexibility index (Phi) is 6.73.